The van der Waals surface area contributed by atoms with E-state index in [2.05, 4.69) is 10.3 Å². The zero-order valence-electron chi connectivity index (χ0n) is 11.1. The van der Waals surface area contributed by atoms with Crippen molar-refractivity contribution in [1.82, 2.24) is 9.71 Å². The van der Waals surface area contributed by atoms with Crippen molar-refractivity contribution >= 4 is 27.5 Å². The van der Waals surface area contributed by atoms with Gasteiger partial charge in [-0.05, 0) is 30.7 Å². The molecule has 0 saturated heterocycles. The highest BCUT2D eigenvalue weighted by molar-refractivity contribution is 7.90. The maximum absolute atomic E-state index is 11.9. The van der Waals surface area contributed by atoms with Crippen LogP contribution in [0.3, 0.4) is 0 Å². The topological polar surface area (TPSA) is 108 Å². The van der Waals surface area contributed by atoms with E-state index in [1.54, 1.807) is 6.07 Å². The summed E-state index contributed by atoms with van der Waals surface area (Å²) in [5.41, 5.74) is 1.93. The summed E-state index contributed by atoms with van der Waals surface area (Å²) in [5, 5.41) is 11.5. The highest BCUT2D eigenvalue weighted by atomic mass is 32.2. The number of hydrogen-bond acceptors (Lipinski definition) is 5. The molecule has 110 valence electrons. The lowest BCUT2D eigenvalue weighted by molar-refractivity contribution is 0.201. The highest BCUT2D eigenvalue weighted by Crippen LogP contribution is 2.24. The molecule has 0 radical (unpaired) electrons. The van der Waals surface area contributed by atoms with E-state index in [4.69, 9.17) is 5.11 Å². The van der Waals surface area contributed by atoms with Crippen molar-refractivity contribution in [3.63, 3.8) is 0 Å². The molecule has 0 spiro atoms. The van der Waals surface area contributed by atoms with Crippen LogP contribution in [0.1, 0.15) is 5.56 Å². The molecule has 1 amide bonds. The Morgan fingerprint density at radius 1 is 1.29 bits per heavy atom. The van der Waals surface area contributed by atoms with Crippen LogP contribution in [0.5, 0.6) is 0 Å². The summed E-state index contributed by atoms with van der Waals surface area (Å²) in [4.78, 5) is 14.1. The fourth-order valence-electron chi connectivity index (χ4n) is 1.75. The molecule has 21 heavy (non-hydrogen) atoms. The number of aromatic nitrogens is 1. The monoisotopic (exact) mass is 307 g/mol. The average molecular weight is 307 g/mol. The molecule has 1 aromatic heterocycles. The molecule has 0 aliphatic rings. The van der Waals surface area contributed by atoms with Gasteiger partial charge in [0.15, 0.2) is 0 Å². The normalized spacial score (nSPS) is 10.9. The summed E-state index contributed by atoms with van der Waals surface area (Å²) in [6.45, 7) is 1.90. The lowest BCUT2D eigenvalue weighted by atomic mass is 10.2. The minimum absolute atomic E-state index is 0.240. The molecule has 1 heterocycles. The summed E-state index contributed by atoms with van der Waals surface area (Å²) in [6.07, 6.45) is 0.849. The molecule has 2 aromatic rings. The second kappa shape index (κ2) is 5.80. The molecule has 8 heteroatoms. The van der Waals surface area contributed by atoms with Crippen LogP contribution in [0.25, 0.3) is 0 Å². The van der Waals surface area contributed by atoms with Gasteiger partial charge in [0.1, 0.15) is 4.90 Å². The Kier molecular flexibility index (Phi) is 4.08. The number of hydrogen-bond donors (Lipinski definition) is 3. The molecule has 0 aliphatic carbocycles. The molecule has 1 aromatic carbocycles. The summed E-state index contributed by atoms with van der Waals surface area (Å²) in [7, 11) is -4.19. The first-order chi connectivity index (χ1) is 9.88. The van der Waals surface area contributed by atoms with E-state index in [-0.39, 0.29) is 10.6 Å². The minimum atomic E-state index is -4.19. The molecule has 0 saturated carbocycles. The van der Waals surface area contributed by atoms with Gasteiger partial charge in [0, 0.05) is 18.1 Å². The predicted octanol–water partition coefficient (Wildman–Crippen LogP) is 2.09. The quantitative estimate of drug-likeness (QED) is 0.798. The van der Waals surface area contributed by atoms with Gasteiger partial charge < -0.3 is 10.4 Å². The summed E-state index contributed by atoms with van der Waals surface area (Å²) < 4.78 is 25.4. The number of amides is 1. The van der Waals surface area contributed by atoms with Gasteiger partial charge in [-0.3, -0.25) is 4.98 Å². The van der Waals surface area contributed by atoms with Crippen molar-refractivity contribution < 1.29 is 18.3 Å². The number of aryl methyl sites for hydroxylation is 1. The fraction of sp³-hybridized carbons (Fsp3) is 0.0769. The van der Waals surface area contributed by atoms with E-state index in [9.17, 15) is 13.2 Å². The number of pyridine rings is 1. The Labute approximate surface area is 121 Å². The van der Waals surface area contributed by atoms with E-state index in [0.29, 0.717) is 5.69 Å². The van der Waals surface area contributed by atoms with Crippen LogP contribution in [-0.2, 0) is 10.0 Å². The number of carboxylic acid groups (broad SMARTS) is 1. The molecule has 0 fully saturated rings. The molecular formula is C13H13N3O4S. The van der Waals surface area contributed by atoms with Gasteiger partial charge in [-0.1, -0.05) is 12.1 Å². The van der Waals surface area contributed by atoms with E-state index in [1.165, 1.54) is 17.0 Å². The van der Waals surface area contributed by atoms with Gasteiger partial charge in [-0.2, -0.15) is 0 Å². The number of anilines is 2. The van der Waals surface area contributed by atoms with Crippen molar-refractivity contribution in [2.45, 2.75) is 11.8 Å². The van der Waals surface area contributed by atoms with Crippen molar-refractivity contribution in [2.24, 2.45) is 0 Å². The number of benzene rings is 1. The minimum Gasteiger partial charge on any atom is -0.464 e. The van der Waals surface area contributed by atoms with E-state index in [1.807, 2.05) is 25.1 Å². The molecule has 0 atom stereocenters. The maximum atomic E-state index is 11.9. The zero-order valence-corrected chi connectivity index (χ0v) is 11.9. The number of rotatable bonds is 4. The first-order valence-corrected chi connectivity index (χ1v) is 7.40. The average Bonchev–Trinajstić information content (AvgIpc) is 2.37. The summed E-state index contributed by atoms with van der Waals surface area (Å²) >= 11 is 0. The van der Waals surface area contributed by atoms with Crippen molar-refractivity contribution in [3.8, 4) is 0 Å². The Hall–Kier alpha value is -2.61. The zero-order chi connectivity index (χ0) is 15.5. The molecular weight excluding hydrogens is 294 g/mol. The van der Waals surface area contributed by atoms with E-state index < -0.39 is 16.1 Å². The Balaban J connectivity index is 2.40. The van der Waals surface area contributed by atoms with Crippen LogP contribution in [0.4, 0.5) is 16.2 Å². The lowest BCUT2D eigenvalue weighted by Gasteiger charge is -2.12. The molecule has 3 N–H and O–H groups in total. The van der Waals surface area contributed by atoms with Gasteiger partial charge in [0.2, 0.25) is 0 Å². The fourth-order valence-corrected chi connectivity index (χ4v) is 2.69. The molecule has 0 bridgehead atoms. The largest absolute Gasteiger partial charge is 0.464 e. The predicted molar refractivity (Wildman–Crippen MR) is 77.0 cm³/mol. The maximum Gasteiger partial charge on any atom is 0.418 e. The number of sulfonamides is 1. The van der Waals surface area contributed by atoms with Crippen LogP contribution in [0.15, 0.2) is 47.6 Å². The van der Waals surface area contributed by atoms with Gasteiger partial charge in [0.05, 0.1) is 5.69 Å². The van der Waals surface area contributed by atoms with Crippen molar-refractivity contribution in [1.29, 1.82) is 0 Å². The second-order valence-corrected chi connectivity index (χ2v) is 5.93. The van der Waals surface area contributed by atoms with Crippen LogP contribution in [-0.4, -0.2) is 24.6 Å². The molecule has 0 unspecified atom stereocenters. The third kappa shape index (κ3) is 3.69. The van der Waals surface area contributed by atoms with Crippen LogP contribution < -0.4 is 10.0 Å². The summed E-state index contributed by atoms with van der Waals surface area (Å²) in [5.74, 6) is 0. The van der Waals surface area contributed by atoms with Crippen LogP contribution >= 0.6 is 0 Å². The van der Waals surface area contributed by atoms with Crippen molar-refractivity contribution in [3.05, 3.63) is 48.3 Å². The Bertz CT molecular complexity index is 774. The first-order valence-electron chi connectivity index (χ1n) is 5.92. The molecule has 2 rings (SSSR count). The van der Waals surface area contributed by atoms with E-state index >= 15 is 0 Å². The summed E-state index contributed by atoms with van der Waals surface area (Å²) in [6, 6.07) is 8.79. The lowest BCUT2D eigenvalue weighted by Crippen LogP contribution is -2.29. The highest BCUT2D eigenvalue weighted by Gasteiger charge is 2.21. The SMILES string of the molecule is Cc1cccc(Nc2ccncc2S(=O)(=O)NC(=O)O)c1. The van der Waals surface area contributed by atoms with Gasteiger partial charge in [-0.25, -0.2) is 17.9 Å². The third-order valence-corrected chi connectivity index (χ3v) is 3.94. The molecule has 7 nitrogen and oxygen atoms in total. The molecule has 0 aliphatic heterocycles. The van der Waals surface area contributed by atoms with Crippen LogP contribution in [0, 0.1) is 6.92 Å². The Morgan fingerprint density at radius 3 is 2.71 bits per heavy atom. The number of nitrogens with zero attached hydrogens (tertiary/aromatic N) is 1. The smallest absolute Gasteiger partial charge is 0.418 e. The number of carbonyl (C=O) groups is 1. The van der Waals surface area contributed by atoms with Gasteiger partial charge in [0.25, 0.3) is 10.0 Å². The van der Waals surface area contributed by atoms with Crippen molar-refractivity contribution in [2.75, 3.05) is 5.32 Å². The van der Waals surface area contributed by atoms with Crippen LogP contribution in [0.2, 0.25) is 0 Å². The second-order valence-electron chi connectivity index (χ2n) is 4.28. The van der Waals surface area contributed by atoms with Gasteiger partial charge in [-0.15, -0.1) is 0 Å². The third-order valence-electron chi connectivity index (χ3n) is 2.59. The van der Waals surface area contributed by atoms with Gasteiger partial charge >= 0.3 is 6.09 Å². The Morgan fingerprint density at radius 2 is 2.05 bits per heavy atom. The number of nitrogens with one attached hydrogen (secondary N) is 2. The van der Waals surface area contributed by atoms with E-state index in [0.717, 1.165) is 11.8 Å². The first kappa shape index (κ1) is 14.8. The standard InChI is InChI=1S/C13H13N3O4S/c1-9-3-2-4-10(7-9)15-11-5-6-14-8-12(11)21(19,20)16-13(17)18/h2-8,16H,1H3,(H,14,15)(H,17,18).